The number of benzene rings is 2. The molecule has 0 radical (unpaired) electrons. The standard InChI is InChI=1S/C21H26F2N4OS.HI/c1-24-21(26-11-2-14-29-19-9-7-18(23)8-10-19)27-13-12-25-20(28)15-16-3-5-17(22)6-4-16;/h3-10H,2,11-15H2,1H3,(H,25,28)(H2,24,26,27);1H. The highest BCUT2D eigenvalue weighted by molar-refractivity contribution is 14.0. The fraction of sp³-hybridized carbons (Fsp3) is 0.333. The number of hydrogen-bond acceptors (Lipinski definition) is 3. The van der Waals surface area contributed by atoms with Gasteiger partial charge in [-0.15, -0.1) is 35.7 Å². The molecule has 0 aliphatic carbocycles. The van der Waals surface area contributed by atoms with E-state index in [-0.39, 0.29) is 47.9 Å². The van der Waals surface area contributed by atoms with Crippen molar-refractivity contribution in [1.29, 1.82) is 0 Å². The van der Waals surface area contributed by atoms with Gasteiger partial charge in [0.2, 0.25) is 5.91 Å². The maximum absolute atomic E-state index is 12.9. The van der Waals surface area contributed by atoms with E-state index in [0.717, 1.165) is 29.2 Å². The molecule has 9 heteroatoms. The van der Waals surface area contributed by atoms with E-state index in [2.05, 4.69) is 20.9 Å². The van der Waals surface area contributed by atoms with Crippen LogP contribution in [0.2, 0.25) is 0 Å². The molecule has 0 aliphatic heterocycles. The number of hydrogen-bond donors (Lipinski definition) is 3. The second kappa shape index (κ2) is 15.0. The highest BCUT2D eigenvalue weighted by Crippen LogP contribution is 2.18. The summed E-state index contributed by atoms with van der Waals surface area (Å²) in [6.07, 6.45) is 1.15. The van der Waals surface area contributed by atoms with Crippen LogP contribution >= 0.6 is 35.7 Å². The molecule has 1 amide bonds. The SMILES string of the molecule is CN=C(NCCCSc1ccc(F)cc1)NCCNC(=O)Cc1ccc(F)cc1.I. The number of rotatable bonds is 10. The van der Waals surface area contributed by atoms with Crippen molar-refractivity contribution in [2.75, 3.05) is 32.4 Å². The zero-order valence-corrected chi connectivity index (χ0v) is 19.9. The van der Waals surface area contributed by atoms with E-state index in [1.54, 1.807) is 43.1 Å². The predicted molar refractivity (Wildman–Crippen MR) is 130 cm³/mol. The first-order valence-corrected chi connectivity index (χ1v) is 10.4. The highest BCUT2D eigenvalue weighted by atomic mass is 127. The summed E-state index contributed by atoms with van der Waals surface area (Å²) in [5.41, 5.74) is 0.771. The molecular weight excluding hydrogens is 521 g/mol. The number of halogens is 3. The number of carbonyl (C=O) groups excluding carboxylic acids is 1. The number of nitrogens with one attached hydrogen (secondary N) is 3. The molecular formula is C21H27F2IN4OS. The average molecular weight is 548 g/mol. The molecule has 0 fully saturated rings. The van der Waals surface area contributed by atoms with Crippen LogP contribution in [0.3, 0.4) is 0 Å². The number of nitrogens with zero attached hydrogens (tertiary/aromatic N) is 1. The van der Waals surface area contributed by atoms with E-state index >= 15 is 0 Å². The van der Waals surface area contributed by atoms with Crippen molar-refractivity contribution in [1.82, 2.24) is 16.0 Å². The molecule has 0 spiro atoms. The first kappa shape index (κ1) is 26.2. The predicted octanol–water partition coefficient (Wildman–Crippen LogP) is 3.59. The quantitative estimate of drug-likeness (QED) is 0.140. The van der Waals surface area contributed by atoms with Gasteiger partial charge < -0.3 is 16.0 Å². The van der Waals surface area contributed by atoms with Crippen molar-refractivity contribution >= 4 is 47.6 Å². The van der Waals surface area contributed by atoms with Crippen molar-refractivity contribution in [3.8, 4) is 0 Å². The van der Waals surface area contributed by atoms with Gasteiger partial charge in [0.25, 0.3) is 0 Å². The summed E-state index contributed by atoms with van der Waals surface area (Å²) in [5, 5.41) is 9.17. The van der Waals surface area contributed by atoms with Gasteiger partial charge in [0.05, 0.1) is 6.42 Å². The largest absolute Gasteiger partial charge is 0.356 e. The van der Waals surface area contributed by atoms with Crippen molar-refractivity contribution in [3.05, 3.63) is 65.7 Å². The van der Waals surface area contributed by atoms with Crippen LogP contribution in [0.4, 0.5) is 8.78 Å². The third-order valence-corrected chi connectivity index (χ3v) is 5.04. The molecule has 0 bridgehead atoms. The minimum atomic E-state index is -0.314. The Hall–Kier alpha value is -1.88. The summed E-state index contributed by atoms with van der Waals surface area (Å²) in [4.78, 5) is 17.1. The van der Waals surface area contributed by atoms with Crippen LogP contribution in [0, 0.1) is 11.6 Å². The van der Waals surface area contributed by atoms with E-state index in [1.807, 2.05) is 0 Å². The Bertz CT molecular complexity index is 789. The summed E-state index contributed by atoms with van der Waals surface area (Å²) < 4.78 is 25.7. The molecule has 0 unspecified atom stereocenters. The summed E-state index contributed by atoms with van der Waals surface area (Å²) in [6.45, 7) is 1.76. The maximum atomic E-state index is 12.9. The van der Waals surface area contributed by atoms with Crippen LogP contribution in [0.5, 0.6) is 0 Å². The van der Waals surface area contributed by atoms with Crippen molar-refractivity contribution in [2.45, 2.75) is 17.7 Å². The Kier molecular flexibility index (Phi) is 13.1. The first-order chi connectivity index (χ1) is 14.1. The fourth-order valence-electron chi connectivity index (χ4n) is 2.45. The summed E-state index contributed by atoms with van der Waals surface area (Å²) in [7, 11) is 1.69. The van der Waals surface area contributed by atoms with Crippen molar-refractivity contribution < 1.29 is 13.6 Å². The second-order valence-electron chi connectivity index (χ2n) is 6.23. The zero-order valence-electron chi connectivity index (χ0n) is 16.8. The van der Waals surface area contributed by atoms with E-state index in [0.29, 0.717) is 19.0 Å². The van der Waals surface area contributed by atoms with Crippen LogP contribution in [-0.2, 0) is 11.2 Å². The lowest BCUT2D eigenvalue weighted by atomic mass is 10.1. The molecule has 0 atom stereocenters. The Morgan fingerprint density at radius 1 is 0.900 bits per heavy atom. The lowest BCUT2D eigenvalue weighted by molar-refractivity contribution is -0.120. The molecule has 2 rings (SSSR count). The van der Waals surface area contributed by atoms with Crippen LogP contribution in [0.15, 0.2) is 58.4 Å². The van der Waals surface area contributed by atoms with Gasteiger partial charge in [-0.2, -0.15) is 0 Å². The number of guanidine groups is 1. The maximum Gasteiger partial charge on any atom is 0.224 e. The lowest BCUT2D eigenvalue weighted by Crippen LogP contribution is -2.42. The Labute approximate surface area is 197 Å². The van der Waals surface area contributed by atoms with Crippen LogP contribution in [0.25, 0.3) is 0 Å². The van der Waals surface area contributed by atoms with E-state index in [9.17, 15) is 13.6 Å². The lowest BCUT2D eigenvalue weighted by Gasteiger charge is -2.12. The summed E-state index contributed by atoms with van der Waals surface area (Å²) in [6, 6.07) is 12.4. The van der Waals surface area contributed by atoms with Crippen LogP contribution < -0.4 is 16.0 Å². The van der Waals surface area contributed by atoms with Gasteiger partial charge in [-0.25, -0.2) is 8.78 Å². The molecule has 164 valence electrons. The molecule has 3 N–H and O–H groups in total. The molecule has 2 aromatic rings. The zero-order chi connectivity index (χ0) is 20.9. The highest BCUT2D eigenvalue weighted by Gasteiger charge is 2.03. The van der Waals surface area contributed by atoms with E-state index in [4.69, 9.17) is 0 Å². The smallest absolute Gasteiger partial charge is 0.224 e. The molecule has 30 heavy (non-hydrogen) atoms. The van der Waals surface area contributed by atoms with Crippen LogP contribution in [0.1, 0.15) is 12.0 Å². The van der Waals surface area contributed by atoms with Gasteiger partial charge >= 0.3 is 0 Å². The number of carbonyl (C=O) groups is 1. The summed E-state index contributed by atoms with van der Waals surface area (Å²) >= 11 is 1.68. The second-order valence-corrected chi connectivity index (χ2v) is 7.40. The van der Waals surface area contributed by atoms with E-state index < -0.39 is 0 Å². The van der Waals surface area contributed by atoms with Gasteiger partial charge in [-0.1, -0.05) is 12.1 Å². The monoisotopic (exact) mass is 548 g/mol. The third kappa shape index (κ3) is 10.8. The molecule has 5 nitrogen and oxygen atoms in total. The Morgan fingerprint density at radius 3 is 2.10 bits per heavy atom. The Morgan fingerprint density at radius 2 is 1.47 bits per heavy atom. The number of thioether (sulfide) groups is 1. The third-order valence-electron chi connectivity index (χ3n) is 3.94. The summed E-state index contributed by atoms with van der Waals surface area (Å²) in [5.74, 6) is 0.933. The van der Waals surface area contributed by atoms with Gasteiger partial charge in [-0.3, -0.25) is 9.79 Å². The van der Waals surface area contributed by atoms with Crippen molar-refractivity contribution in [3.63, 3.8) is 0 Å². The normalized spacial score (nSPS) is 10.8. The van der Waals surface area contributed by atoms with Gasteiger partial charge in [0.15, 0.2) is 5.96 Å². The molecule has 0 saturated carbocycles. The molecule has 0 saturated heterocycles. The molecule has 0 aliphatic rings. The molecule has 2 aromatic carbocycles. The Balaban J connectivity index is 0.00000450. The average Bonchev–Trinajstić information content (AvgIpc) is 2.72. The molecule has 0 aromatic heterocycles. The van der Waals surface area contributed by atoms with Gasteiger partial charge in [0, 0.05) is 31.6 Å². The van der Waals surface area contributed by atoms with Crippen molar-refractivity contribution in [2.24, 2.45) is 4.99 Å². The van der Waals surface area contributed by atoms with Gasteiger partial charge in [-0.05, 0) is 54.1 Å². The minimum absolute atomic E-state index is 0. The number of amides is 1. The fourth-order valence-corrected chi connectivity index (χ4v) is 3.31. The number of aliphatic imine (C=N–C) groups is 1. The van der Waals surface area contributed by atoms with Crippen LogP contribution in [-0.4, -0.2) is 44.3 Å². The van der Waals surface area contributed by atoms with E-state index in [1.165, 1.54) is 24.3 Å². The van der Waals surface area contributed by atoms with Gasteiger partial charge in [0.1, 0.15) is 11.6 Å². The molecule has 0 heterocycles. The topological polar surface area (TPSA) is 65.5 Å². The minimum Gasteiger partial charge on any atom is -0.356 e. The first-order valence-electron chi connectivity index (χ1n) is 9.41.